The number of ether oxygens (including phenoxy) is 2. The molecule has 2 atom stereocenters. The van der Waals surface area contributed by atoms with Gasteiger partial charge in [-0.05, 0) is 37.5 Å². The molecule has 0 spiro atoms. The summed E-state index contributed by atoms with van der Waals surface area (Å²) in [6.45, 7) is 2.86. The predicted molar refractivity (Wildman–Crippen MR) is 103 cm³/mol. The van der Waals surface area contributed by atoms with Crippen molar-refractivity contribution < 1.29 is 27.5 Å². The molecule has 3 rings (SSSR count). The van der Waals surface area contributed by atoms with Crippen LogP contribution >= 0.6 is 0 Å². The molecule has 0 aliphatic carbocycles. The second-order valence-electron chi connectivity index (χ2n) is 7.07. The number of nitrogens with zero attached hydrogens (tertiary/aromatic N) is 2. The fourth-order valence-electron chi connectivity index (χ4n) is 3.87. The topological polar surface area (TPSA) is 85.4 Å². The molecule has 1 aromatic rings. The minimum Gasteiger partial charge on any atom is -0.497 e. The first kappa shape index (κ1) is 21.0. The zero-order chi connectivity index (χ0) is 20.3. The molecule has 156 valence electrons. The smallest absolute Gasteiger partial charge is 0.309 e. The maximum absolute atomic E-state index is 13.3. The summed E-state index contributed by atoms with van der Waals surface area (Å²) in [7, 11) is -0.248. The van der Waals surface area contributed by atoms with Crippen LogP contribution in [0.1, 0.15) is 31.4 Å². The quantitative estimate of drug-likeness (QED) is 0.656. The third-order valence-electron chi connectivity index (χ3n) is 5.46. The van der Waals surface area contributed by atoms with Crippen LogP contribution in [0.5, 0.6) is 5.75 Å². The van der Waals surface area contributed by atoms with E-state index in [0.717, 1.165) is 5.56 Å². The summed E-state index contributed by atoms with van der Waals surface area (Å²) < 4.78 is 38.4. The van der Waals surface area contributed by atoms with Gasteiger partial charge in [0.05, 0.1) is 32.3 Å². The van der Waals surface area contributed by atoms with Crippen molar-refractivity contribution >= 4 is 16.0 Å². The van der Waals surface area contributed by atoms with E-state index in [-0.39, 0.29) is 18.5 Å². The monoisotopic (exact) mass is 412 g/mol. The number of carbonyl (C=O) groups excluding carboxylic acids is 1. The van der Waals surface area contributed by atoms with Crippen LogP contribution in [0, 0.1) is 5.92 Å². The zero-order valence-electron chi connectivity index (χ0n) is 16.5. The van der Waals surface area contributed by atoms with Crippen LogP contribution < -0.4 is 4.74 Å². The second kappa shape index (κ2) is 8.77. The molecule has 8 nitrogen and oxygen atoms in total. The maximum Gasteiger partial charge on any atom is 0.309 e. The lowest BCUT2D eigenvalue weighted by Crippen LogP contribution is -2.46. The summed E-state index contributed by atoms with van der Waals surface area (Å²) >= 11 is 0. The summed E-state index contributed by atoms with van der Waals surface area (Å²) in [6.07, 6.45) is 0.962. The van der Waals surface area contributed by atoms with E-state index in [1.54, 1.807) is 26.1 Å². The molecule has 2 unspecified atom stereocenters. The van der Waals surface area contributed by atoms with E-state index in [1.807, 2.05) is 24.3 Å². The van der Waals surface area contributed by atoms with Crippen molar-refractivity contribution in [1.29, 1.82) is 0 Å². The Kier molecular flexibility index (Phi) is 6.59. The Morgan fingerprint density at radius 2 is 1.86 bits per heavy atom. The van der Waals surface area contributed by atoms with Crippen LogP contribution in [-0.4, -0.2) is 69.5 Å². The van der Waals surface area contributed by atoms with Gasteiger partial charge < -0.3 is 9.47 Å². The van der Waals surface area contributed by atoms with Crippen molar-refractivity contribution in [2.24, 2.45) is 5.92 Å². The van der Waals surface area contributed by atoms with Crippen molar-refractivity contribution in [3.05, 3.63) is 29.8 Å². The molecule has 0 radical (unpaired) electrons. The molecular weight excluding hydrogens is 384 g/mol. The van der Waals surface area contributed by atoms with E-state index < -0.39 is 21.3 Å². The van der Waals surface area contributed by atoms with Gasteiger partial charge in [0, 0.05) is 20.1 Å². The molecule has 0 amide bonds. The van der Waals surface area contributed by atoms with Gasteiger partial charge in [0.1, 0.15) is 11.0 Å². The van der Waals surface area contributed by atoms with Gasteiger partial charge >= 0.3 is 5.97 Å². The first-order valence-electron chi connectivity index (χ1n) is 9.53. The van der Waals surface area contributed by atoms with Crippen LogP contribution in [0.2, 0.25) is 0 Å². The van der Waals surface area contributed by atoms with Gasteiger partial charge in [0.15, 0.2) is 0 Å². The molecule has 0 N–H and O–H groups in total. The normalized spacial score (nSPS) is 25.0. The highest BCUT2D eigenvalue weighted by Crippen LogP contribution is 2.36. The van der Waals surface area contributed by atoms with E-state index in [1.165, 1.54) is 4.31 Å². The van der Waals surface area contributed by atoms with Gasteiger partial charge in [0.25, 0.3) is 0 Å². The molecule has 0 aromatic heterocycles. The van der Waals surface area contributed by atoms with Crippen molar-refractivity contribution in [1.82, 2.24) is 9.37 Å². The summed E-state index contributed by atoms with van der Waals surface area (Å²) in [6, 6.07) is 6.96. The Morgan fingerprint density at radius 3 is 2.43 bits per heavy atom. The molecule has 0 bridgehead atoms. The Morgan fingerprint density at radius 1 is 1.21 bits per heavy atom. The van der Waals surface area contributed by atoms with E-state index >= 15 is 0 Å². The second-order valence-corrected chi connectivity index (χ2v) is 9.22. The molecule has 2 aliphatic heterocycles. The lowest BCUT2D eigenvalue weighted by Gasteiger charge is -2.33. The number of hydroxylamine groups is 2. The molecule has 2 heterocycles. The Hall–Kier alpha value is -1.68. The van der Waals surface area contributed by atoms with Gasteiger partial charge in [-0.3, -0.25) is 9.63 Å². The van der Waals surface area contributed by atoms with E-state index in [2.05, 4.69) is 0 Å². The summed E-state index contributed by atoms with van der Waals surface area (Å²) in [5, 5.41) is 0.903. The number of rotatable bonds is 6. The molecule has 9 heteroatoms. The highest BCUT2D eigenvalue weighted by Gasteiger charge is 2.46. The first-order valence-corrected chi connectivity index (χ1v) is 11.0. The van der Waals surface area contributed by atoms with Crippen LogP contribution in [0.15, 0.2) is 24.3 Å². The summed E-state index contributed by atoms with van der Waals surface area (Å²) in [4.78, 5) is 17.5. The van der Waals surface area contributed by atoms with Crippen molar-refractivity contribution in [2.45, 2.75) is 31.1 Å². The summed E-state index contributed by atoms with van der Waals surface area (Å²) in [5.74, 6) is 0.247. The number of benzene rings is 1. The van der Waals surface area contributed by atoms with Gasteiger partial charge in [-0.1, -0.05) is 12.1 Å². The minimum atomic E-state index is -3.59. The molecule has 28 heavy (non-hydrogen) atoms. The predicted octanol–water partition coefficient (Wildman–Crippen LogP) is 1.59. The molecule has 1 aromatic carbocycles. The average molecular weight is 413 g/mol. The molecule has 2 fully saturated rings. The lowest BCUT2D eigenvalue weighted by atomic mass is 9.98. The molecule has 2 saturated heterocycles. The number of hydrogen-bond donors (Lipinski definition) is 0. The lowest BCUT2D eigenvalue weighted by molar-refractivity contribution is -0.149. The van der Waals surface area contributed by atoms with E-state index in [9.17, 15) is 13.2 Å². The van der Waals surface area contributed by atoms with Gasteiger partial charge in [-0.2, -0.15) is 5.06 Å². The van der Waals surface area contributed by atoms with Crippen LogP contribution in [-0.2, 0) is 24.4 Å². The highest BCUT2D eigenvalue weighted by molar-refractivity contribution is 7.89. The number of carbonyl (C=O) groups is 1. The molecular formula is C19H28N2O6S. The van der Waals surface area contributed by atoms with Crippen molar-refractivity contribution in [3.63, 3.8) is 0 Å². The van der Waals surface area contributed by atoms with Crippen LogP contribution in [0.25, 0.3) is 0 Å². The Bertz CT molecular complexity index is 774. The van der Waals surface area contributed by atoms with Crippen molar-refractivity contribution in [3.8, 4) is 5.75 Å². The van der Waals surface area contributed by atoms with Crippen LogP contribution in [0.4, 0.5) is 0 Å². The fraction of sp³-hybridized carbons (Fsp3) is 0.632. The number of piperidine rings is 1. The van der Waals surface area contributed by atoms with Gasteiger partial charge in [0.2, 0.25) is 10.0 Å². The standard InChI is InChI=1S/C19H28N2O6S/c1-4-26-19(22)15-9-11-21(12-10-15)28(23,24)17-13-27-20(2)18(17)14-5-7-16(25-3)8-6-14/h5-8,15,17-18H,4,9-13H2,1-3H3. The Balaban J connectivity index is 1.74. The zero-order valence-corrected chi connectivity index (χ0v) is 17.4. The van der Waals surface area contributed by atoms with E-state index in [0.29, 0.717) is 38.3 Å². The molecule has 2 aliphatic rings. The first-order chi connectivity index (χ1) is 13.4. The fourth-order valence-corrected chi connectivity index (χ4v) is 5.86. The van der Waals surface area contributed by atoms with Crippen molar-refractivity contribution in [2.75, 3.05) is 40.5 Å². The third kappa shape index (κ3) is 4.17. The third-order valence-corrected chi connectivity index (χ3v) is 7.70. The Labute approximate surface area is 166 Å². The number of esters is 1. The maximum atomic E-state index is 13.3. The van der Waals surface area contributed by atoms with Gasteiger partial charge in [-0.25, -0.2) is 12.7 Å². The number of methoxy groups -OCH3 is 1. The molecule has 0 saturated carbocycles. The number of hydrogen-bond acceptors (Lipinski definition) is 7. The summed E-state index contributed by atoms with van der Waals surface area (Å²) in [5.41, 5.74) is 0.857. The highest BCUT2D eigenvalue weighted by atomic mass is 32.2. The SMILES string of the molecule is CCOC(=O)C1CCN(S(=O)(=O)C2CON(C)C2c2ccc(OC)cc2)CC1. The van der Waals surface area contributed by atoms with Gasteiger partial charge in [-0.15, -0.1) is 0 Å². The average Bonchev–Trinajstić information content (AvgIpc) is 3.10. The van der Waals surface area contributed by atoms with E-state index in [4.69, 9.17) is 14.3 Å². The van der Waals surface area contributed by atoms with Crippen LogP contribution in [0.3, 0.4) is 0 Å². The minimum absolute atomic E-state index is 0.104. The largest absolute Gasteiger partial charge is 0.497 e. The number of sulfonamides is 1.